The SMILES string of the molecule is CCC(C)(C)CC1CC2CC(C)C21. The number of fused-ring (bicyclic) bond motifs is 1. The molecule has 0 bridgehead atoms. The third kappa shape index (κ3) is 1.53. The molecule has 2 aliphatic carbocycles. The Hall–Kier alpha value is 0. The highest BCUT2D eigenvalue weighted by atomic mass is 14.6. The molecule has 4 atom stereocenters. The van der Waals surface area contributed by atoms with E-state index in [1.165, 1.54) is 19.3 Å². The fourth-order valence-corrected chi connectivity index (χ4v) is 3.59. The molecular formula is C13H24. The van der Waals surface area contributed by atoms with Gasteiger partial charge in [0.25, 0.3) is 0 Å². The molecule has 0 aromatic rings. The molecular weight excluding hydrogens is 156 g/mol. The maximum atomic E-state index is 2.45. The second kappa shape index (κ2) is 3.00. The Kier molecular flexibility index (Phi) is 2.20. The minimum Gasteiger partial charge on any atom is -0.0649 e. The molecule has 2 aliphatic rings. The zero-order chi connectivity index (χ0) is 9.64. The molecule has 2 fully saturated rings. The van der Waals surface area contributed by atoms with Crippen molar-refractivity contribution in [1.29, 1.82) is 0 Å². The summed E-state index contributed by atoms with van der Waals surface area (Å²) in [5.74, 6) is 4.42. The fourth-order valence-electron chi connectivity index (χ4n) is 3.59. The summed E-state index contributed by atoms with van der Waals surface area (Å²) >= 11 is 0. The van der Waals surface area contributed by atoms with Crippen molar-refractivity contribution in [3.63, 3.8) is 0 Å². The molecule has 0 heterocycles. The van der Waals surface area contributed by atoms with Crippen LogP contribution in [0, 0.1) is 29.1 Å². The van der Waals surface area contributed by atoms with E-state index in [0.29, 0.717) is 5.41 Å². The summed E-state index contributed by atoms with van der Waals surface area (Å²) in [5, 5.41) is 0. The van der Waals surface area contributed by atoms with Crippen molar-refractivity contribution in [3.05, 3.63) is 0 Å². The first-order valence-electron chi connectivity index (χ1n) is 6.03. The lowest BCUT2D eigenvalue weighted by atomic mass is 9.46. The number of hydrogen-bond donors (Lipinski definition) is 0. The molecule has 13 heavy (non-hydrogen) atoms. The zero-order valence-electron chi connectivity index (χ0n) is 9.64. The van der Waals surface area contributed by atoms with Crippen LogP contribution in [0.3, 0.4) is 0 Å². The summed E-state index contributed by atoms with van der Waals surface area (Å²) in [6.07, 6.45) is 5.91. The molecule has 0 aliphatic heterocycles. The maximum absolute atomic E-state index is 2.45. The van der Waals surface area contributed by atoms with Gasteiger partial charge in [-0.05, 0) is 48.3 Å². The number of hydrogen-bond acceptors (Lipinski definition) is 0. The third-order valence-corrected chi connectivity index (χ3v) is 4.80. The fraction of sp³-hybridized carbons (Fsp3) is 1.00. The van der Waals surface area contributed by atoms with Gasteiger partial charge in [0, 0.05) is 0 Å². The van der Waals surface area contributed by atoms with Crippen LogP contribution in [0.4, 0.5) is 0 Å². The largest absolute Gasteiger partial charge is 0.0649 e. The molecule has 0 heteroatoms. The van der Waals surface area contributed by atoms with E-state index in [1.807, 2.05) is 0 Å². The highest BCUT2D eigenvalue weighted by Crippen LogP contribution is 2.60. The lowest BCUT2D eigenvalue weighted by molar-refractivity contribution is -0.0966. The second-order valence-electron chi connectivity index (χ2n) is 6.27. The van der Waals surface area contributed by atoms with Crippen molar-refractivity contribution in [2.75, 3.05) is 0 Å². The molecule has 0 nitrogen and oxygen atoms in total. The van der Waals surface area contributed by atoms with Gasteiger partial charge in [-0.25, -0.2) is 0 Å². The van der Waals surface area contributed by atoms with Gasteiger partial charge in [0.1, 0.15) is 0 Å². The van der Waals surface area contributed by atoms with Crippen molar-refractivity contribution in [1.82, 2.24) is 0 Å². The smallest absolute Gasteiger partial charge is 0.0331 e. The monoisotopic (exact) mass is 180 g/mol. The van der Waals surface area contributed by atoms with Crippen LogP contribution in [0.25, 0.3) is 0 Å². The van der Waals surface area contributed by atoms with Gasteiger partial charge in [-0.2, -0.15) is 0 Å². The van der Waals surface area contributed by atoms with E-state index in [4.69, 9.17) is 0 Å². The summed E-state index contributed by atoms with van der Waals surface area (Å²) in [5.41, 5.74) is 0.602. The van der Waals surface area contributed by atoms with Gasteiger partial charge in [-0.1, -0.05) is 34.1 Å². The molecule has 0 radical (unpaired) electrons. The molecule has 4 unspecified atom stereocenters. The molecule has 2 saturated carbocycles. The first-order valence-corrected chi connectivity index (χ1v) is 6.03. The van der Waals surface area contributed by atoms with Crippen LogP contribution < -0.4 is 0 Å². The molecule has 76 valence electrons. The Labute approximate surface area is 83.1 Å². The summed E-state index contributed by atoms with van der Waals surface area (Å²) in [7, 11) is 0. The molecule has 0 saturated heterocycles. The normalized spacial score (nSPS) is 43.4. The molecule has 0 amide bonds. The average Bonchev–Trinajstić information content (AvgIpc) is 2.01. The highest BCUT2D eigenvalue weighted by Gasteiger charge is 2.52. The van der Waals surface area contributed by atoms with Crippen molar-refractivity contribution in [3.8, 4) is 0 Å². The lowest BCUT2D eigenvalue weighted by Gasteiger charge is -2.59. The highest BCUT2D eigenvalue weighted by molar-refractivity contribution is 5.01. The van der Waals surface area contributed by atoms with Crippen LogP contribution in [0.1, 0.15) is 53.4 Å². The van der Waals surface area contributed by atoms with Crippen LogP contribution >= 0.6 is 0 Å². The van der Waals surface area contributed by atoms with Gasteiger partial charge in [-0.3, -0.25) is 0 Å². The molecule has 0 spiro atoms. The minimum absolute atomic E-state index is 0.602. The zero-order valence-corrected chi connectivity index (χ0v) is 9.64. The van der Waals surface area contributed by atoms with E-state index in [2.05, 4.69) is 27.7 Å². The summed E-state index contributed by atoms with van der Waals surface area (Å²) in [4.78, 5) is 0. The van der Waals surface area contributed by atoms with Crippen LogP contribution in [-0.4, -0.2) is 0 Å². The van der Waals surface area contributed by atoms with E-state index in [0.717, 1.165) is 23.7 Å². The standard InChI is InChI=1S/C13H24/c1-5-13(3,4)8-11-7-10-6-9(2)12(10)11/h9-12H,5-8H2,1-4H3. The van der Waals surface area contributed by atoms with Crippen molar-refractivity contribution in [2.24, 2.45) is 29.1 Å². The van der Waals surface area contributed by atoms with Gasteiger partial charge in [-0.15, -0.1) is 0 Å². The van der Waals surface area contributed by atoms with E-state index in [1.54, 1.807) is 6.42 Å². The Morgan fingerprint density at radius 2 is 1.92 bits per heavy atom. The van der Waals surface area contributed by atoms with Gasteiger partial charge in [0.05, 0.1) is 0 Å². The molecule has 0 N–H and O–H groups in total. The van der Waals surface area contributed by atoms with E-state index < -0.39 is 0 Å². The predicted molar refractivity (Wildman–Crippen MR) is 57.6 cm³/mol. The molecule has 0 aromatic heterocycles. The van der Waals surface area contributed by atoms with Crippen LogP contribution in [0.15, 0.2) is 0 Å². The number of rotatable bonds is 3. The van der Waals surface area contributed by atoms with Crippen LogP contribution in [0.5, 0.6) is 0 Å². The Balaban J connectivity index is 1.84. The Morgan fingerprint density at radius 3 is 2.38 bits per heavy atom. The van der Waals surface area contributed by atoms with Gasteiger partial charge in [0.2, 0.25) is 0 Å². The molecule has 2 rings (SSSR count). The summed E-state index contributed by atoms with van der Waals surface area (Å²) < 4.78 is 0. The van der Waals surface area contributed by atoms with E-state index in [-0.39, 0.29) is 0 Å². The topological polar surface area (TPSA) is 0 Å². The average molecular weight is 180 g/mol. The Bertz CT molecular complexity index is 188. The Morgan fingerprint density at radius 1 is 1.23 bits per heavy atom. The van der Waals surface area contributed by atoms with Crippen molar-refractivity contribution in [2.45, 2.75) is 53.4 Å². The maximum Gasteiger partial charge on any atom is -0.0331 e. The lowest BCUT2D eigenvalue weighted by Crippen LogP contribution is -2.51. The first-order chi connectivity index (χ1) is 6.03. The van der Waals surface area contributed by atoms with Gasteiger partial charge < -0.3 is 0 Å². The third-order valence-electron chi connectivity index (χ3n) is 4.80. The summed E-state index contributed by atoms with van der Waals surface area (Å²) in [6.45, 7) is 9.65. The van der Waals surface area contributed by atoms with Gasteiger partial charge >= 0.3 is 0 Å². The van der Waals surface area contributed by atoms with Crippen LogP contribution in [-0.2, 0) is 0 Å². The first kappa shape index (κ1) is 9.55. The molecule has 0 aromatic carbocycles. The minimum atomic E-state index is 0.602. The summed E-state index contributed by atoms with van der Waals surface area (Å²) in [6, 6.07) is 0. The second-order valence-corrected chi connectivity index (χ2v) is 6.27. The van der Waals surface area contributed by atoms with Crippen LogP contribution in [0.2, 0.25) is 0 Å². The van der Waals surface area contributed by atoms with E-state index in [9.17, 15) is 0 Å². The van der Waals surface area contributed by atoms with E-state index >= 15 is 0 Å². The van der Waals surface area contributed by atoms with Crippen molar-refractivity contribution < 1.29 is 0 Å². The quantitative estimate of drug-likeness (QED) is 0.613. The van der Waals surface area contributed by atoms with Gasteiger partial charge in [0.15, 0.2) is 0 Å². The van der Waals surface area contributed by atoms with Crippen molar-refractivity contribution >= 4 is 0 Å². The predicted octanol–water partition coefficient (Wildman–Crippen LogP) is 4.10.